The van der Waals surface area contributed by atoms with E-state index in [0.717, 1.165) is 0 Å². The quantitative estimate of drug-likeness (QED) is 0.838. The van der Waals surface area contributed by atoms with Crippen molar-refractivity contribution in [2.24, 2.45) is 5.73 Å². The molecule has 1 rings (SSSR count). The van der Waals surface area contributed by atoms with Gasteiger partial charge in [0.2, 0.25) is 0 Å². The molecule has 0 spiro atoms. The second-order valence-electron chi connectivity index (χ2n) is 3.85. The van der Waals surface area contributed by atoms with Crippen molar-refractivity contribution >= 4 is 5.78 Å². The highest BCUT2D eigenvalue weighted by molar-refractivity contribution is 5.97. The molecule has 1 aromatic rings. The van der Waals surface area contributed by atoms with E-state index >= 15 is 0 Å². The largest absolute Gasteiger partial charge is 0.493 e. The third-order valence-corrected chi connectivity index (χ3v) is 2.53. The lowest BCUT2D eigenvalue weighted by atomic mass is 10.0. The van der Waals surface area contributed by atoms with E-state index in [9.17, 15) is 18.0 Å². The molecule has 0 aliphatic carbocycles. The van der Waals surface area contributed by atoms with E-state index in [4.69, 9.17) is 15.2 Å². The molecule has 1 atom stereocenters. The first-order chi connectivity index (χ1) is 8.79. The Balaban J connectivity index is 2.89. The zero-order valence-electron chi connectivity index (χ0n) is 10.5. The van der Waals surface area contributed by atoms with Crippen LogP contribution in [0.15, 0.2) is 18.2 Å². The van der Waals surface area contributed by atoms with E-state index in [-0.39, 0.29) is 11.3 Å². The molecule has 0 aromatic heterocycles. The number of ether oxygens (including phenoxy) is 2. The SMILES string of the molecule is COc1ccc(C(=O)CC(N)C(F)(F)F)cc1OC. The van der Waals surface area contributed by atoms with Crippen LogP contribution in [0.1, 0.15) is 16.8 Å². The van der Waals surface area contributed by atoms with Gasteiger partial charge in [0, 0.05) is 12.0 Å². The van der Waals surface area contributed by atoms with E-state index < -0.39 is 24.4 Å². The highest BCUT2D eigenvalue weighted by Crippen LogP contribution is 2.29. The van der Waals surface area contributed by atoms with Crippen molar-refractivity contribution in [1.82, 2.24) is 0 Å². The number of rotatable bonds is 5. The Hall–Kier alpha value is -1.76. The van der Waals surface area contributed by atoms with Gasteiger partial charge in [-0.3, -0.25) is 4.79 Å². The van der Waals surface area contributed by atoms with Crippen molar-refractivity contribution in [3.63, 3.8) is 0 Å². The van der Waals surface area contributed by atoms with Crippen LogP contribution in [0.4, 0.5) is 13.2 Å². The van der Waals surface area contributed by atoms with Gasteiger partial charge < -0.3 is 15.2 Å². The molecule has 2 N–H and O–H groups in total. The van der Waals surface area contributed by atoms with Gasteiger partial charge in [0.05, 0.1) is 14.2 Å². The Morgan fingerprint density at radius 2 is 1.84 bits per heavy atom. The van der Waals surface area contributed by atoms with Gasteiger partial charge in [-0.15, -0.1) is 0 Å². The lowest BCUT2D eigenvalue weighted by Crippen LogP contribution is -2.39. The monoisotopic (exact) mass is 277 g/mol. The van der Waals surface area contributed by atoms with Gasteiger partial charge in [0.15, 0.2) is 17.3 Å². The third kappa shape index (κ3) is 3.85. The van der Waals surface area contributed by atoms with Crippen LogP contribution in [0.2, 0.25) is 0 Å². The van der Waals surface area contributed by atoms with Crippen molar-refractivity contribution in [1.29, 1.82) is 0 Å². The summed E-state index contributed by atoms with van der Waals surface area (Å²) >= 11 is 0. The summed E-state index contributed by atoms with van der Waals surface area (Å²) in [7, 11) is 2.78. The van der Waals surface area contributed by atoms with Gasteiger partial charge in [0.25, 0.3) is 0 Å². The maximum atomic E-state index is 12.3. The Labute approximate surface area is 108 Å². The summed E-state index contributed by atoms with van der Waals surface area (Å²) in [6, 6.07) is 1.97. The highest BCUT2D eigenvalue weighted by atomic mass is 19.4. The first-order valence-corrected chi connectivity index (χ1v) is 5.37. The van der Waals surface area contributed by atoms with E-state index in [2.05, 4.69) is 0 Å². The first-order valence-electron chi connectivity index (χ1n) is 5.37. The Morgan fingerprint density at radius 1 is 1.26 bits per heavy atom. The summed E-state index contributed by atoms with van der Waals surface area (Å²) < 4.78 is 46.7. The number of benzene rings is 1. The lowest BCUT2D eigenvalue weighted by molar-refractivity contribution is -0.146. The summed E-state index contributed by atoms with van der Waals surface area (Å²) in [5, 5.41) is 0. The molecule has 0 heterocycles. The number of nitrogens with two attached hydrogens (primary N) is 1. The van der Waals surface area contributed by atoms with Crippen LogP contribution in [-0.2, 0) is 0 Å². The minimum absolute atomic E-state index is 0.0948. The van der Waals surface area contributed by atoms with Gasteiger partial charge in [-0.25, -0.2) is 0 Å². The van der Waals surface area contributed by atoms with Crippen LogP contribution in [0, 0.1) is 0 Å². The number of methoxy groups -OCH3 is 2. The topological polar surface area (TPSA) is 61.5 Å². The molecule has 0 bridgehead atoms. The van der Waals surface area contributed by atoms with Crippen molar-refractivity contribution in [2.45, 2.75) is 18.6 Å². The normalized spacial score (nSPS) is 12.9. The van der Waals surface area contributed by atoms with E-state index in [0.29, 0.717) is 5.75 Å². The van der Waals surface area contributed by atoms with Gasteiger partial charge in [-0.1, -0.05) is 0 Å². The van der Waals surface area contributed by atoms with E-state index in [1.165, 1.54) is 32.4 Å². The van der Waals surface area contributed by atoms with E-state index in [1.54, 1.807) is 0 Å². The second-order valence-corrected chi connectivity index (χ2v) is 3.85. The first kappa shape index (κ1) is 15.3. The van der Waals surface area contributed by atoms with Gasteiger partial charge >= 0.3 is 6.18 Å². The predicted molar refractivity (Wildman–Crippen MR) is 62.5 cm³/mol. The molecule has 1 unspecified atom stereocenters. The van der Waals surface area contributed by atoms with Crippen LogP contribution >= 0.6 is 0 Å². The average molecular weight is 277 g/mol. The highest BCUT2D eigenvalue weighted by Gasteiger charge is 2.38. The van der Waals surface area contributed by atoms with Crippen molar-refractivity contribution in [3.8, 4) is 11.5 Å². The number of carbonyl (C=O) groups excluding carboxylic acids is 1. The summed E-state index contributed by atoms with van der Waals surface area (Å²) in [5.74, 6) is -0.0427. The molecule has 19 heavy (non-hydrogen) atoms. The summed E-state index contributed by atoms with van der Waals surface area (Å²) in [5.41, 5.74) is 5.01. The number of carbonyl (C=O) groups is 1. The van der Waals surface area contributed by atoms with Crippen molar-refractivity contribution in [3.05, 3.63) is 23.8 Å². The maximum Gasteiger partial charge on any atom is 0.404 e. The zero-order valence-corrected chi connectivity index (χ0v) is 10.5. The Kier molecular flexibility index (Phi) is 4.77. The van der Waals surface area contributed by atoms with Crippen LogP contribution in [-0.4, -0.2) is 32.2 Å². The molecular formula is C12H14F3NO3. The van der Waals surface area contributed by atoms with Gasteiger partial charge in [-0.2, -0.15) is 13.2 Å². The summed E-state index contributed by atoms with van der Waals surface area (Å²) in [6.45, 7) is 0. The van der Waals surface area contributed by atoms with Crippen LogP contribution in [0.25, 0.3) is 0 Å². The number of Topliss-reactive ketones (excluding diaryl/α,β-unsaturated/α-hetero) is 1. The molecule has 1 aromatic carbocycles. The predicted octanol–water partition coefficient (Wildman–Crippen LogP) is 2.17. The van der Waals surface area contributed by atoms with Crippen molar-refractivity contribution in [2.75, 3.05) is 14.2 Å². The molecule has 7 heteroatoms. The fraction of sp³-hybridized carbons (Fsp3) is 0.417. The minimum Gasteiger partial charge on any atom is -0.493 e. The molecule has 0 fully saturated rings. The summed E-state index contributed by atoms with van der Waals surface area (Å²) in [6.07, 6.45) is -5.40. The number of hydrogen-bond acceptors (Lipinski definition) is 4. The summed E-state index contributed by atoms with van der Waals surface area (Å²) in [4.78, 5) is 11.7. The second kappa shape index (κ2) is 5.92. The maximum absolute atomic E-state index is 12.3. The molecule has 0 saturated carbocycles. The fourth-order valence-corrected chi connectivity index (χ4v) is 1.44. The number of ketones is 1. The third-order valence-electron chi connectivity index (χ3n) is 2.53. The Bertz CT molecular complexity index is 460. The van der Waals surface area contributed by atoms with Crippen LogP contribution in [0.5, 0.6) is 11.5 Å². The smallest absolute Gasteiger partial charge is 0.404 e. The minimum atomic E-state index is -4.59. The zero-order chi connectivity index (χ0) is 14.6. The Morgan fingerprint density at radius 3 is 2.32 bits per heavy atom. The molecule has 0 aliphatic heterocycles. The van der Waals surface area contributed by atoms with Gasteiger partial charge in [0.1, 0.15) is 6.04 Å². The average Bonchev–Trinajstić information content (AvgIpc) is 2.36. The fourth-order valence-electron chi connectivity index (χ4n) is 1.44. The van der Waals surface area contributed by atoms with E-state index in [1.807, 2.05) is 0 Å². The molecule has 0 amide bonds. The number of alkyl halides is 3. The molecule has 106 valence electrons. The molecule has 0 aliphatic rings. The van der Waals surface area contributed by atoms with Crippen LogP contribution in [0.3, 0.4) is 0 Å². The number of halogens is 3. The van der Waals surface area contributed by atoms with Gasteiger partial charge in [-0.05, 0) is 18.2 Å². The standard InChI is InChI=1S/C12H14F3NO3/c1-18-9-4-3-7(5-10(9)19-2)8(17)6-11(16)12(13,14)15/h3-5,11H,6,16H2,1-2H3. The molecule has 0 radical (unpaired) electrons. The lowest BCUT2D eigenvalue weighted by Gasteiger charge is -2.15. The van der Waals surface area contributed by atoms with Crippen LogP contribution < -0.4 is 15.2 Å². The molecule has 4 nitrogen and oxygen atoms in total. The van der Waals surface area contributed by atoms with Crippen molar-refractivity contribution < 1.29 is 27.4 Å². The molecular weight excluding hydrogens is 263 g/mol. The molecule has 0 saturated heterocycles. The number of hydrogen-bond donors (Lipinski definition) is 1.